The van der Waals surface area contributed by atoms with E-state index in [1.807, 2.05) is 25.1 Å². The van der Waals surface area contributed by atoms with Gasteiger partial charge in [-0.05, 0) is 25.0 Å². The van der Waals surface area contributed by atoms with Crippen molar-refractivity contribution in [2.75, 3.05) is 0 Å². The van der Waals surface area contributed by atoms with Crippen LogP contribution in [0.5, 0.6) is 0 Å². The molecule has 0 aliphatic heterocycles. The summed E-state index contributed by atoms with van der Waals surface area (Å²) in [5.41, 5.74) is 1.94. The van der Waals surface area contributed by atoms with Crippen molar-refractivity contribution in [2.45, 2.75) is 32.8 Å². The molecule has 0 aliphatic carbocycles. The van der Waals surface area contributed by atoms with Gasteiger partial charge in [-0.3, -0.25) is 0 Å². The lowest BCUT2D eigenvalue weighted by atomic mass is 10.0. The Labute approximate surface area is 84.4 Å². The van der Waals surface area contributed by atoms with E-state index in [4.69, 9.17) is 11.6 Å². The normalized spacial score (nSPS) is 12.9. The van der Waals surface area contributed by atoms with Gasteiger partial charge >= 0.3 is 0 Å². The molecular formula is C11H15ClO. The van der Waals surface area contributed by atoms with Gasteiger partial charge in [0.05, 0.1) is 6.10 Å². The van der Waals surface area contributed by atoms with E-state index in [0.717, 1.165) is 24.0 Å². The Morgan fingerprint density at radius 2 is 2.15 bits per heavy atom. The van der Waals surface area contributed by atoms with Crippen LogP contribution in [0.15, 0.2) is 18.2 Å². The molecule has 0 fully saturated rings. The smallest absolute Gasteiger partial charge is 0.0806 e. The number of aliphatic hydroxyl groups is 1. The zero-order valence-electron chi connectivity index (χ0n) is 8.05. The van der Waals surface area contributed by atoms with Gasteiger partial charge in [-0.2, -0.15) is 0 Å². The summed E-state index contributed by atoms with van der Waals surface area (Å²) >= 11 is 6.00. The van der Waals surface area contributed by atoms with Crippen molar-refractivity contribution in [1.82, 2.24) is 0 Å². The fourth-order valence-corrected chi connectivity index (χ4v) is 1.83. The first-order valence-corrected chi connectivity index (χ1v) is 4.97. The van der Waals surface area contributed by atoms with Crippen LogP contribution in [-0.4, -0.2) is 5.11 Å². The largest absolute Gasteiger partial charge is 0.388 e. The lowest BCUT2D eigenvalue weighted by Gasteiger charge is -2.14. The Kier molecular flexibility index (Phi) is 3.76. The highest BCUT2D eigenvalue weighted by atomic mass is 35.5. The van der Waals surface area contributed by atoms with Crippen molar-refractivity contribution in [2.24, 2.45) is 0 Å². The molecular weight excluding hydrogens is 184 g/mol. The Morgan fingerprint density at radius 3 is 2.69 bits per heavy atom. The van der Waals surface area contributed by atoms with Gasteiger partial charge in [-0.1, -0.05) is 37.1 Å². The topological polar surface area (TPSA) is 20.2 Å². The maximum atomic E-state index is 9.80. The molecule has 0 heterocycles. The molecule has 0 unspecified atom stereocenters. The molecule has 0 aromatic heterocycles. The first-order valence-electron chi connectivity index (χ1n) is 4.60. The molecule has 1 nitrogen and oxygen atoms in total. The molecule has 0 saturated carbocycles. The van der Waals surface area contributed by atoms with Gasteiger partial charge in [0, 0.05) is 10.6 Å². The number of aliphatic hydroxyl groups excluding tert-OH is 1. The summed E-state index contributed by atoms with van der Waals surface area (Å²) in [6, 6.07) is 5.70. The summed E-state index contributed by atoms with van der Waals surface area (Å²) in [4.78, 5) is 0. The highest BCUT2D eigenvalue weighted by Crippen LogP contribution is 2.28. The molecule has 1 aromatic carbocycles. The van der Waals surface area contributed by atoms with Crippen LogP contribution in [0.2, 0.25) is 5.02 Å². The van der Waals surface area contributed by atoms with E-state index in [2.05, 4.69) is 6.92 Å². The average Bonchev–Trinajstić information content (AvgIpc) is 2.04. The van der Waals surface area contributed by atoms with Crippen LogP contribution in [0.3, 0.4) is 0 Å². The third kappa shape index (κ3) is 2.45. The molecule has 1 N–H and O–H groups in total. The van der Waals surface area contributed by atoms with E-state index in [0.29, 0.717) is 5.02 Å². The van der Waals surface area contributed by atoms with Crippen LogP contribution < -0.4 is 0 Å². The van der Waals surface area contributed by atoms with Gasteiger partial charge in [0.1, 0.15) is 0 Å². The summed E-state index contributed by atoms with van der Waals surface area (Å²) < 4.78 is 0. The van der Waals surface area contributed by atoms with E-state index in [9.17, 15) is 5.11 Å². The average molecular weight is 199 g/mol. The van der Waals surface area contributed by atoms with Crippen molar-refractivity contribution < 1.29 is 5.11 Å². The number of aryl methyl sites for hydroxylation is 1. The number of hydrogen-bond donors (Lipinski definition) is 1. The van der Waals surface area contributed by atoms with Gasteiger partial charge in [0.25, 0.3) is 0 Å². The maximum absolute atomic E-state index is 9.80. The molecule has 0 saturated heterocycles. The van der Waals surface area contributed by atoms with Crippen LogP contribution >= 0.6 is 11.6 Å². The van der Waals surface area contributed by atoms with E-state index < -0.39 is 6.10 Å². The molecule has 13 heavy (non-hydrogen) atoms. The van der Waals surface area contributed by atoms with Crippen LogP contribution in [-0.2, 0) is 0 Å². The van der Waals surface area contributed by atoms with Crippen molar-refractivity contribution >= 4 is 11.6 Å². The molecule has 0 amide bonds. The van der Waals surface area contributed by atoms with Gasteiger partial charge in [0.2, 0.25) is 0 Å². The Bertz CT molecular complexity index is 263. The quantitative estimate of drug-likeness (QED) is 0.789. The number of benzene rings is 1. The van der Waals surface area contributed by atoms with Gasteiger partial charge in [-0.25, -0.2) is 0 Å². The molecule has 1 atom stereocenters. The second kappa shape index (κ2) is 4.64. The lowest BCUT2D eigenvalue weighted by molar-refractivity contribution is 0.166. The molecule has 0 bridgehead atoms. The van der Waals surface area contributed by atoms with Gasteiger partial charge < -0.3 is 5.11 Å². The van der Waals surface area contributed by atoms with Crippen molar-refractivity contribution in [3.8, 4) is 0 Å². The second-order valence-corrected chi connectivity index (χ2v) is 3.68. The van der Waals surface area contributed by atoms with Crippen LogP contribution in [0.25, 0.3) is 0 Å². The molecule has 1 rings (SSSR count). The predicted molar refractivity (Wildman–Crippen MR) is 56.1 cm³/mol. The van der Waals surface area contributed by atoms with Gasteiger partial charge in [0.15, 0.2) is 0 Å². The zero-order chi connectivity index (χ0) is 9.84. The van der Waals surface area contributed by atoms with Crippen LogP contribution in [0.4, 0.5) is 0 Å². The Balaban J connectivity index is 2.98. The summed E-state index contributed by atoms with van der Waals surface area (Å²) in [5.74, 6) is 0. The van der Waals surface area contributed by atoms with Crippen LogP contribution in [0.1, 0.15) is 37.0 Å². The van der Waals surface area contributed by atoms with E-state index in [1.165, 1.54) is 0 Å². The minimum atomic E-state index is -0.418. The summed E-state index contributed by atoms with van der Waals surface area (Å²) in [7, 11) is 0. The minimum Gasteiger partial charge on any atom is -0.388 e. The van der Waals surface area contributed by atoms with E-state index in [1.54, 1.807) is 0 Å². The number of halogens is 1. The lowest BCUT2D eigenvalue weighted by Crippen LogP contribution is -2.00. The molecule has 2 heteroatoms. The summed E-state index contributed by atoms with van der Waals surface area (Å²) in [5, 5.41) is 10.5. The molecule has 0 spiro atoms. The summed E-state index contributed by atoms with van der Waals surface area (Å²) in [6.45, 7) is 4.02. The first kappa shape index (κ1) is 10.6. The molecule has 0 aliphatic rings. The second-order valence-electron chi connectivity index (χ2n) is 3.27. The Morgan fingerprint density at radius 1 is 1.46 bits per heavy atom. The third-order valence-electron chi connectivity index (χ3n) is 2.17. The third-order valence-corrected chi connectivity index (χ3v) is 2.50. The minimum absolute atomic E-state index is 0.418. The van der Waals surface area contributed by atoms with Gasteiger partial charge in [-0.15, -0.1) is 0 Å². The first-order chi connectivity index (χ1) is 6.16. The van der Waals surface area contributed by atoms with Crippen molar-refractivity contribution in [3.05, 3.63) is 34.3 Å². The highest BCUT2D eigenvalue weighted by Gasteiger charge is 2.12. The van der Waals surface area contributed by atoms with Crippen molar-refractivity contribution in [1.29, 1.82) is 0 Å². The van der Waals surface area contributed by atoms with Crippen LogP contribution in [0, 0.1) is 6.92 Å². The summed E-state index contributed by atoms with van der Waals surface area (Å²) in [6.07, 6.45) is 1.31. The highest BCUT2D eigenvalue weighted by molar-refractivity contribution is 6.31. The standard InChI is InChI=1S/C11H15ClO/c1-3-5-10(13)11-8(2)6-4-7-9(11)12/h4,6-7,10,13H,3,5H2,1-2H3/t10-/m0/s1. The predicted octanol–water partition coefficient (Wildman–Crippen LogP) is 3.48. The SMILES string of the molecule is CCC[C@H](O)c1c(C)cccc1Cl. The monoisotopic (exact) mass is 198 g/mol. The molecule has 1 aromatic rings. The van der Waals surface area contributed by atoms with Crippen molar-refractivity contribution in [3.63, 3.8) is 0 Å². The fourth-order valence-electron chi connectivity index (χ4n) is 1.48. The van der Waals surface area contributed by atoms with E-state index >= 15 is 0 Å². The number of rotatable bonds is 3. The maximum Gasteiger partial charge on any atom is 0.0806 e. The number of hydrogen-bond acceptors (Lipinski definition) is 1. The molecule has 0 radical (unpaired) electrons. The Hall–Kier alpha value is -0.530. The zero-order valence-corrected chi connectivity index (χ0v) is 8.80. The van der Waals surface area contributed by atoms with E-state index in [-0.39, 0.29) is 0 Å². The fraction of sp³-hybridized carbons (Fsp3) is 0.455. The molecule has 72 valence electrons.